The van der Waals surface area contributed by atoms with E-state index < -0.39 is 9.84 Å². The highest BCUT2D eigenvalue weighted by atomic mass is 32.2. The smallest absolute Gasteiger partial charge is 0.148 e. The Bertz CT molecular complexity index is 374. The molecule has 1 saturated carbocycles. The monoisotopic (exact) mass is 274 g/mol. The van der Waals surface area contributed by atoms with Crippen LogP contribution in [0.3, 0.4) is 0 Å². The van der Waals surface area contributed by atoms with Crippen LogP contribution in [0.2, 0.25) is 0 Å². The summed E-state index contributed by atoms with van der Waals surface area (Å²) in [6.07, 6.45) is 7.78. The first-order valence-corrected chi connectivity index (χ1v) is 9.13. The zero-order valence-corrected chi connectivity index (χ0v) is 12.4. The van der Waals surface area contributed by atoms with Crippen LogP contribution in [-0.4, -0.2) is 56.5 Å². The lowest BCUT2D eigenvalue weighted by molar-refractivity contribution is 0.0676. The van der Waals surface area contributed by atoms with Gasteiger partial charge in [-0.2, -0.15) is 0 Å². The predicted octanol–water partition coefficient (Wildman–Crippen LogP) is 1.03. The van der Waals surface area contributed by atoms with Gasteiger partial charge >= 0.3 is 0 Å². The van der Waals surface area contributed by atoms with Gasteiger partial charge in [-0.15, -0.1) is 0 Å². The fourth-order valence-electron chi connectivity index (χ4n) is 3.24. The second kappa shape index (κ2) is 5.47. The molecule has 1 N–H and O–H groups in total. The minimum atomic E-state index is -2.85. The van der Waals surface area contributed by atoms with Crippen molar-refractivity contribution in [2.45, 2.75) is 50.6 Å². The SMILES string of the molecule is CC1CNC2(CCCCC2)CN1CCS(C)(=O)=O. The summed E-state index contributed by atoms with van der Waals surface area (Å²) in [5, 5.41) is 3.72. The molecule has 0 aromatic heterocycles. The van der Waals surface area contributed by atoms with Crippen LogP contribution in [0.15, 0.2) is 0 Å². The van der Waals surface area contributed by atoms with Crippen LogP contribution in [0, 0.1) is 0 Å². The maximum atomic E-state index is 11.3. The molecule has 1 atom stereocenters. The standard InChI is InChI=1S/C13H26N2O2S/c1-12-10-14-13(6-4-3-5-7-13)11-15(12)8-9-18(2,16)17/h12,14H,3-11H2,1-2H3. The quantitative estimate of drug-likeness (QED) is 0.835. The van der Waals surface area contributed by atoms with Crippen molar-refractivity contribution in [3.63, 3.8) is 0 Å². The van der Waals surface area contributed by atoms with Crippen LogP contribution in [0.5, 0.6) is 0 Å². The Balaban J connectivity index is 1.96. The molecule has 1 saturated heterocycles. The fourth-order valence-corrected chi connectivity index (χ4v) is 3.81. The predicted molar refractivity (Wildman–Crippen MR) is 74.6 cm³/mol. The first kappa shape index (κ1) is 14.3. The highest BCUT2D eigenvalue weighted by molar-refractivity contribution is 7.90. The van der Waals surface area contributed by atoms with Gasteiger partial charge in [-0.25, -0.2) is 8.42 Å². The third-order valence-corrected chi connectivity index (χ3v) is 5.39. The van der Waals surface area contributed by atoms with Crippen LogP contribution in [0.4, 0.5) is 0 Å². The summed E-state index contributed by atoms with van der Waals surface area (Å²) in [6, 6.07) is 0.444. The van der Waals surface area contributed by atoms with Crippen molar-refractivity contribution < 1.29 is 8.42 Å². The second-order valence-corrected chi connectivity index (χ2v) is 8.43. The van der Waals surface area contributed by atoms with Gasteiger partial charge in [0.05, 0.1) is 5.75 Å². The zero-order chi connectivity index (χ0) is 13.2. The van der Waals surface area contributed by atoms with E-state index in [4.69, 9.17) is 0 Å². The molecule has 4 nitrogen and oxygen atoms in total. The van der Waals surface area contributed by atoms with E-state index in [1.54, 1.807) is 0 Å². The van der Waals surface area contributed by atoms with Crippen molar-refractivity contribution in [1.29, 1.82) is 0 Å². The van der Waals surface area contributed by atoms with Crippen LogP contribution in [0.25, 0.3) is 0 Å². The molecule has 1 aliphatic heterocycles. The molecular formula is C13H26N2O2S. The van der Waals surface area contributed by atoms with Gasteiger partial charge in [0.2, 0.25) is 0 Å². The Labute approximate surface area is 111 Å². The lowest BCUT2D eigenvalue weighted by Gasteiger charge is -2.49. The van der Waals surface area contributed by atoms with Crippen molar-refractivity contribution in [3.05, 3.63) is 0 Å². The largest absolute Gasteiger partial charge is 0.308 e. The first-order valence-electron chi connectivity index (χ1n) is 7.07. The van der Waals surface area contributed by atoms with Crippen molar-refractivity contribution >= 4 is 9.84 Å². The molecule has 1 unspecified atom stereocenters. The molecule has 5 heteroatoms. The lowest BCUT2D eigenvalue weighted by atomic mass is 9.79. The molecule has 2 rings (SSSR count). The van der Waals surface area contributed by atoms with E-state index in [-0.39, 0.29) is 11.3 Å². The summed E-state index contributed by atoms with van der Waals surface area (Å²) < 4.78 is 22.6. The highest BCUT2D eigenvalue weighted by Crippen LogP contribution is 2.31. The Kier molecular flexibility index (Phi) is 4.34. The van der Waals surface area contributed by atoms with E-state index in [9.17, 15) is 8.42 Å². The van der Waals surface area contributed by atoms with Gasteiger partial charge in [0, 0.05) is 37.5 Å². The molecule has 1 aliphatic carbocycles. The van der Waals surface area contributed by atoms with Gasteiger partial charge in [-0.05, 0) is 19.8 Å². The number of nitrogens with zero attached hydrogens (tertiary/aromatic N) is 1. The maximum Gasteiger partial charge on any atom is 0.148 e. The Morgan fingerprint density at radius 2 is 1.94 bits per heavy atom. The van der Waals surface area contributed by atoms with Gasteiger partial charge in [0.1, 0.15) is 9.84 Å². The molecule has 0 aromatic carbocycles. The lowest BCUT2D eigenvalue weighted by Crippen LogP contribution is -2.64. The van der Waals surface area contributed by atoms with Crippen molar-refractivity contribution in [2.75, 3.05) is 31.6 Å². The van der Waals surface area contributed by atoms with E-state index in [0.717, 1.165) is 13.1 Å². The van der Waals surface area contributed by atoms with Crippen LogP contribution in [0.1, 0.15) is 39.0 Å². The molecule has 0 bridgehead atoms. The molecular weight excluding hydrogens is 248 g/mol. The highest BCUT2D eigenvalue weighted by Gasteiger charge is 2.38. The molecule has 1 spiro atoms. The first-order chi connectivity index (χ1) is 8.40. The Morgan fingerprint density at radius 3 is 2.56 bits per heavy atom. The molecule has 2 aliphatic rings. The number of hydrogen-bond acceptors (Lipinski definition) is 4. The minimum absolute atomic E-state index is 0.266. The molecule has 106 valence electrons. The summed E-state index contributed by atoms with van der Waals surface area (Å²) in [5.41, 5.74) is 0.266. The third kappa shape index (κ3) is 3.68. The second-order valence-electron chi connectivity index (χ2n) is 6.17. The topological polar surface area (TPSA) is 49.4 Å². The number of rotatable bonds is 3. The van der Waals surface area contributed by atoms with E-state index in [0.29, 0.717) is 12.6 Å². The molecule has 0 amide bonds. The summed E-state index contributed by atoms with van der Waals surface area (Å²) in [4.78, 5) is 2.36. The number of nitrogens with one attached hydrogen (secondary N) is 1. The summed E-state index contributed by atoms with van der Waals surface area (Å²) in [6.45, 7) is 4.88. The molecule has 0 aromatic rings. The number of sulfone groups is 1. The minimum Gasteiger partial charge on any atom is -0.308 e. The summed E-state index contributed by atoms with van der Waals surface area (Å²) >= 11 is 0. The van der Waals surface area contributed by atoms with Crippen LogP contribution in [-0.2, 0) is 9.84 Å². The molecule has 2 fully saturated rings. The molecule has 18 heavy (non-hydrogen) atoms. The van der Waals surface area contributed by atoms with Crippen molar-refractivity contribution in [1.82, 2.24) is 10.2 Å². The maximum absolute atomic E-state index is 11.3. The average molecular weight is 274 g/mol. The Morgan fingerprint density at radius 1 is 1.28 bits per heavy atom. The van der Waals surface area contributed by atoms with Gasteiger partial charge in [-0.3, -0.25) is 4.90 Å². The van der Waals surface area contributed by atoms with Gasteiger partial charge < -0.3 is 5.32 Å². The number of piperazine rings is 1. The fraction of sp³-hybridized carbons (Fsp3) is 1.00. The zero-order valence-electron chi connectivity index (χ0n) is 11.6. The van der Waals surface area contributed by atoms with Crippen LogP contribution >= 0.6 is 0 Å². The van der Waals surface area contributed by atoms with E-state index in [1.807, 2.05) is 0 Å². The van der Waals surface area contributed by atoms with E-state index in [1.165, 1.54) is 38.4 Å². The number of hydrogen-bond donors (Lipinski definition) is 1. The normalized spacial score (nSPS) is 29.6. The third-order valence-electron chi connectivity index (χ3n) is 4.46. The Hall–Kier alpha value is -0.130. The van der Waals surface area contributed by atoms with Crippen molar-refractivity contribution in [3.8, 4) is 0 Å². The van der Waals surface area contributed by atoms with Crippen LogP contribution < -0.4 is 5.32 Å². The summed E-state index contributed by atoms with van der Waals surface area (Å²) in [5.74, 6) is 0.285. The van der Waals surface area contributed by atoms with E-state index >= 15 is 0 Å². The van der Waals surface area contributed by atoms with Gasteiger partial charge in [0.15, 0.2) is 0 Å². The van der Waals surface area contributed by atoms with Crippen molar-refractivity contribution in [2.24, 2.45) is 0 Å². The summed E-state index contributed by atoms with van der Waals surface area (Å²) in [7, 11) is -2.85. The van der Waals surface area contributed by atoms with Gasteiger partial charge in [0.25, 0.3) is 0 Å². The molecule has 0 radical (unpaired) electrons. The average Bonchev–Trinajstić information content (AvgIpc) is 2.31. The van der Waals surface area contributed by atoms with E-state index in [2.05, 4.69) is 17.1 Å². The molecule has 1 heterocycles. The van der Waals surface area contributed by atoms with Gasteiger partial charge in [-0.1, -0.05) is 19.3 Å².